The molecule has 1 saturated heterocycles. The van der Waals surface area contributed by atoms with Crippen LogP contribution in [0.15, 0.2) is 10.6 Å². The van der Waals surface area contributed by atoms with E-state index >= 15 is 0 Å². The molecule has 106 valence electrons. The van der Waals surface area contributed by atoms with Crippen LogP contribution in [-0.4, -0.2) is 34.2 Å². The minimum Gasteiger partial charge on any atom is -0.459 e. The molecule has 2 heterocycles. The van der Waals surface area contributed by atoms with Gasteiger partial charge in [0, 0.05) is 12.6 Å². The Morgan fingerprint density at radius 2 is 2.32 bits per heavy atom. The largest absolute Gasteiger partial charge is 0.459 e. The van der Waals surface area contributed by atoms with E-state index in [0.29, 0.717) is 6.54 Å². The molecule has 0 bridgehead atoms. The second kappa shape index (κ2) is 5.33. The van der Waals surface area contributed by atoms with Crippen LogP contribution in [0.1, 0.15) is 45.1 Å². The van der Waals surface area contributed by atoms with Crippen molar-refractivity contribution >= 4 is 5.97 Å². The van der Waals surface area contributed by atoms with Crippen molar-refractivity contribution in [2.24, 2.45) is 0 Å². The van der Waals surface area contributed by atoms with Crippen LogP contribution >= 0.6 is 0 Å². The van der Waals surface area contributed by atoms with Gasteiger partial charge in [-0.1, -0.05) is 5.16 Å². The SMILES string of the molecule is Cc1cc(CN2CCC[C@H]2C(=O)OC(C)(C)C)no1. The quantitative estimate of drug-likeness (QED) is 0.786. The summed E-state index contributed by atoms with van der Waals surface area (Å²) in [5, 5.41) is 3.98. The smallest absolute Gasteiger partial charge is 0.323 e. The second-order valence-electron chi connectivity index (χ2n) is 6.09. The van der Waals surface area contributed by atoms with E-state index < -0.39 is 5.60 Å². The van der Waals surface area contributed by atoms with Gasteiger partial charge in [0.2, 0.25) is 0 Å². The number of aryl methyl sites for hydroxylation is 1. The zero-order chi connectivity index (χ0) is 14.0. The highest BCUT2D eigenvalue weighted by Gasteiger charge is 2.34. The summed E-state index contributed by atoms with van der Waals surface area (Å²) >= 11 is 0. The molecule has 5 nitrogen and oxygen atoms in total. The van der Waals surface area contributed by atoms with Crippen LogP contribution in [0, 0.1) is 6.92 Å². The first kappa shape index (κ1) is 14.1. The molecule has 0 unspecified atom stereocenters. The number of rotatable bonds is 3. The number of aromatic nitrogens is 1. The highest BCUT2D eigenvalue weighted by molar-refractivity contribution is 5.76. The maximum atomic E-state index is 12.2. The molecule has 0 amide bonds. The van der Waals surface area contributed by atoms with Gasteiger partial charge in [0.05, 0.1) is 5.69 Å². The van der Waals surface area contributed by atoms with Crippen molar-refractivity contribution in [1.29, 1.82) is 0 Å². The molecule has 0 N–H and O–H groups in total. The molecule has 2 rings (SSSR count). The fraction of sp³-hybridized carbons (Fsp3) is 0.714. The minimum absolute atomic E-state index is 0.134. The maximum Gasteiger partial charge on any atom is 0.323 e. The van der Waals surface area contributed by atoms with Gasteiger partial charge >= 0.3 is 5.97 Å². The molecular weight excluding hydrogens is 244 g/mol. The Kier molecular flexibility index (Phi) is 3.94. The van der Waals surface area contributed by atoms with E-state index in [1.165, 1.54) is 0 Å². The van der Waals surface area contributed by atoms with Gasteiger partial charge in [-0.25, -0.2) is 0 Å². The van der Waals surface area contributed by atoms with E-state index in [1.54, 1.807) is 0 Å². The van der Waals surface area contributed by atoms with E-state index in [1.807, 2.05) is 33.8 Å². The molecule has 0 aromatic carbocycles. The lowest BCUT2D eigenvalue weighted by atomic mass is 10.1. The van der Waals surface area contributed by atoms with Gasteiger partial charge in [0.25, 0.3) is 0 Å². The Morgan fingerprint density at radius 1 is 1.58 bits per heavy atom. The second-order valence-corrected chi connectivity index (χ2v) is 6.09. The lowest BCUT2D eigenvalue weighted by Crippen LogP contribution is -2.40. The molecule has 1 aromatic heterocycles. The van der Waals surface area contributed by atoms with Crippen molar-refractivity contribution in [1.82, 2.24) is 10.1 Å². The highest BCUT2D eigenvalue weighted by atomic mass is 16.6. The standard InChI is InChI=1S/C14H22N2O3/c1-10-8-11(15-19-10)9-16-7-5-6-12(16)13(17)18-14(2,3)4/h8,12H,5-7,9H2,1-4H3/t12-/m0/s1. The number of likely N-dealkylation sites (tertiary alicyclic amines) is 1. The van der Waals surface area contributed by atoms with E-state index in [0.717, 1.165) is 30.8 Å². The fourth-order valence-corrected chi connectivity index (χ4v) is 2.35. The molecule has 0 saturated carbocycles. The molecule has 5 heteroatoms. The Bertz CT molecular complexity index is 448. The van der Waals surface area contributed by atoms with Crippen LogP contribution in [0.3, 0.4) is 0 Å². The first-order valence-corrected chi connectivity index (χ1v) is 6.74. The van der Waals surface area contributed by atoms with Crippen LogP contribution in [0.5, 0.6) is 0 Å². The predicted octanol–water partition coefficient (Wildman–Crippen LogP) is 2.29. The molecule has 19 heavy (non-hydrogen) atoms. The van der Waals surface area contributed by atoms with Crippen molar-refractivity contribution in [2.75, 3.05) is 6.54 Å². The van der Waals surface area contributed by atoms with Gasteiger partial charge in [0.15, 0.2) is 0 Å². The van der Waals surface area contributed by atoms with Crippen molar-refractivity contribution in [3.05, 3.63) is 17.5 Å². The van der Waals surface area contributed by atoms with Crippen LogP contribution in [-0.2, 0) is 16.1 Å². The highest BCUT2D eigenvalue weighted by Crippen LogP contribution is 2.23. The van der Waals surface area contributed by atoms with Crippen LogP contribution < -0.4 is 0 Å². The van der Waals surface area contributed by atoms with Crippen molar-refractivity contribution in [2.45, 2.75) is 58.7 Å². The van der Waals surface area contributed by atoms with E-state index in [9.17, 15) is 4.79 Å². The fourth-order valence-electron chi connectivity index (χ4n) is 2.35. The molecule has 0 spiro atoms. The monoisotopic (exact) mass is 266 g/mol. The third kappa shape index (κ3) is 3.80. The average Bonchev–Trinajstić information content (AvgIpc) is 2.86. The number of hydrogen-bond donors (Lipinski definition) is 0. The molecule has 1 aliphatic heterocycles. The summed E-state index contributed by atoms with van der Waals surface area (Å²) in [4.78, 5) is 14.3. The topological polar surface area (TPSA) is 55.6 Å². The molecular formula is C14H22N2O3. The molecule has 0 aliphatic carbocycles. The van der Waals surface area contributed by atoms with Crippen LogP contribution in [0.4, 0.5) is 0 Å². The Morgan fingerprint density at radius 3 is 2.89 bits per heavy atom. The lowest BCUT2D eigenvalue weighted by molar-refractivity contribution is -0.160. The third-order valence-corrected chi connectivity index (χ3v) is 3.08. The summed E-state index contributed by atoms with van der Waals surface area (Å²) in [6.45, 7) is 9.09. The van der Waals surface area contributed by atoms with Gasteiger partial charge < -0.3 is 9.26 Å². The normalized spacial score (nSPS) is 20.7. The summed E-state index contributed by atoms with van der Waals surface area (Å²) in [5.41, 5.74) is 0.434. The van der Waals surface area contributed by atoms with Gasteiger partial charge in [-0.15, -0.1) is 0 Å². The molecule has 1 aliphatic rings. The summed E-state index contributed by atoms with van der Waals surface area (Å²) in [6, 6.07) is 1.75. The van der Waals surface area contributed by atoms with Crippen molar-refractivity contribution in [3.8, 4) is 0 Å². The Labute approximate surface area is 113 Å². The average molecular weight is 266 g/mol. The molecule has 1 atom stereocenters. The lowest BCUT2D eigenvalue weighted by Gasteiger charge is -2.26. The van der Waals surface area contributed by atoms with Gasteiger partial charge in [-0.2, -0.15) is 0 Å². The zero-order valence-electron chi connectivity index (χ0n) is 12.1. The van der Waals surface area contributed by atoms with Crippen molar-refractivity contribution < 1.29 is 14.1 Å². The van der Waals surface area contributed by atoms with Gasteiger partial charge in [-0.05, 0) is 47.1 Å². The van der Waals surface area contributed by atoms with Gasteiger partial charge in [-0.3, -0.25) is 9.69 Å². The predicted molar refractivity (Wildman–Crippen MR) is 70.5 cm³/mol. The van der Waals surface area contributed by atoms with E-state index in [-0.39, 0.29) is 12.0 Å². The molecule has 0 radical (unpaired) electrons. The number of nitrogens with zero attached hydrogens (tertiary/aromatic N) is 2. The molecule has 1 aromatic rings. The van der Waals surface area contributed by atoms with Crippen molar-refractivity contribution in [3.63, 3.8) is 0 Å². The number of hydrogen-bond acceptors (Lipinski definition) is 5. The van der Waals surface area contributed by atoms with Crippen LogP contribution in [0.2, 0.25) is 0 Å². The number of carbonyl (C=O) groups is 1. The first-order valence-electron chi connectivity index (χ1n) is 6.74. The summed E-state index contributed by atoms with van der Waals surface area (Å²) < 4.78 is 10.5. The summed E-state index contributed by atoms with van der Waals surface area (Å²) in [6.07, 6.45) is 1.87. The summed E-state index contributed by atoms with van der Waals surface area (Å²) in [7, 11) is 0. The number of ether oxygens (including phenoxy) is 1. The van der Waals surface area contributed by atoms with E-state index in [4.69, 9.17) is 9.26 Å². The zero-order valence-corrected chi connectivity index (χ0v) is 12.1. The number of esters is 1. The minimum atomic E-state index is -0.435. The number of carbonyl (C=O) groups excluding carboxylic acids is 1. The Balaban J connectivity index is 1.98. The van der Waals surface area contributed by atoms with E-state index in [2.05, 4.69) is 10.1 Å². The molecule has 1 fully saturated rings. The summed E-state index contributed by atoms with van der Waals surface area (Å²) in [5.74, 6) is 0.660. The van der Waals surface area contributed by atoms with Crippen LogP contribution in [0.25, 0.3) is 0 Å². The first-order chi connectivity index (χ1) is 8.85. The maximum absolute atomic E-state index is 12.2. The third-order valence-electron chi connectivity index (χ3n) is 3.08. The Hall–Kier alpha value is -1.36. The van der Waals surface area contributed by atoms with Gasteiger partial charge in [0.1, 0.15) is 17.4 Å².